The lowest BCUT2D eigenvalue weighted by molar-refractivity contribution is -0.384. The molecule has 3 rings (SSSR count). The van der Waals surface area contributed by atoms with Crippen LogP contribution in [0.2, 0.25) is 0 Å². The second kappa shape index (κ2) is 10.1. The molecule has 1 fully saturated rings. The van der Waals surface area contributed by atoms with Gasteiger partial charge in [-0.05, 0) is 69.6 Å². The van der Waals surface area contributed by atoms with E-state index in [9.17, 15) is 19.3 Å². The molecule has 0 aromatic heterocycles. The maximum atomic E-state index is 14.3. The summed E-state index contributed by atoms with van der Waals surface area (Å²) in [4.78, 5) is 25.0. The van der Waals surface area contributed by atoms with Crippen molar-refractivity contribution in [1.82, 2.24) is 4.90 Å². The molecular weight excluding hydrogens is 453 g/mol. The van der Waals surface area contributed by atoms with Crippen molar-refractivity contribution >= 4 is 17.5 Å². The second-order valence-corrected chi connectivity index (χ2v) is 10.8. The maximum absolute atomic E-state index is 14.3. The molecule has 35 heavy (non-hydrogen) atoms. The highest BCUT2D eigenvalue weighted by Crippen LogP contribution is 2.38. The molecule has 0 bridgehead atoms. The first kappa shape index (κ1) is 26.2. The van der Waals surface area contributed by atoms with Gasteiger partial charge >= 0.3 is 6.09 Å². The monoisotopic (exact) mass is 487 g/mol. The van der Waals surface area contributed by atoms with Crippen LogP contribution in [0.15, 0.2) is 36.4 Å². The van der Waals surface area contributed by atoms with Gasteiger partial charge in [-0.3, -0.25) is 10.1 Å². The van der Waals surface area contributed by atoms with Crippen LogP contribution < -0.4 is 10.5 Å². The van der Waals surface area contributed by atoms with Gasteiger partial charge in [-0.2, -0.15) is 0 Å². The quantitative estimate of drug-likeness (QED) is 0.272. The summed E-state index contributed by atoms with van der Waals surface area (Å²) in [5.41, 5.74) is 5.48. The Morgan fingerprint density at radius 2 is 1.80 bits per heavy atom. The number of nitrogens with two attached hydrogens (primary N) is 1. The second-order valence-electron chi connectivity index (χ2n) is 10.8. The third kappa shape index (κ3) is 7.07. The van der Waals surface area contributed by atoms with Gasteiger partial charge in [0.15, 0.2) is 11.6 Å². The first-order valence-corrected chi connectivity index (χ1v) is 11.7. The molecule has 0 saturated heterocycles. The molecule has 0 spiro atoms. The van der Waals surface area contributed by atoms with Gasteiger partial charge in [0.1, 0.15) is 17.0 Å². The molecule has 1 aliphatic rings. The Morgan fingerprint density at radius 3 is 2.34 bits per heavy atom. The molecule has 9 heteroatoms. The van der Waals surface area contributed by atoms with Crippen molar-refractivity contribution in [2.75, 3.05) is 5.73 Å². The van der Waals surface area contributed by atoms with Crippen LogP contribution in [0.1, 0.15) is 65.9 Å². The van der Waals surface area contributed by atoms with Crippen molar-refractivity contribution in [2.45, 2.75) is 78.5 Å². The van der Waals surface area contributed by atoms with E-state index < -0.39 is 22.0 Å². The number of nitrogens with zero attached hydrogens (tertiary/aromatic N) is 2. The largest absolute Gasteiger partial charge is 0.454 e. The fourth-order valence-electron chi connectivity index (χ4n) is 4.14. The number of anilines is 1. The van der Waals surface area contributed by atoms with E-state index in [-0.39, 0.29) is 29.0 Å². The number of nitro benzene ring substituents is 1. The van der Waals surface area contributed by atoms with Gasteiger partial charge in [-0.1, -0.05) is 26.0 Å². The van der Waals surface area contributed by atoms with Gasteiger partial charge in [-0.25, -0.2) is 9.18 Å². The number of carbonyl (C=O) groups is 1. The number of nitrogen functional groups attached to an aromatic ring is 1. The first-order valence-electron chi connectivity index (χ1n) is 11.7. The van der Waals surface area contributed by atoms with Crippen molar-refractivity contribution in [2.24, 2.45) is 5.41 Å². The SMILES string of the molecule is CC1(C)CCC(N(Cc2ccc(Oc3cc(N)c([N+](=O)[O-])cc3F)cc2)C(=O)OC(C)(C)C)CC1. The lowest BCUT2D eigenvalue weighted by Gasteiger charge is -2.40. The van der Waals surface area contributed by atoms with Crippen LogP contribution in [-0.2, 0) is 11.3 Å². The van der Waals surface area contributed by atoms with E-state index in [0.717, 1.165) is 43.4 Å². The van der Waals surface area contributed by atoms with Crippen molar-refractivity contribution in [3.05, 3.63) is 57.9 Å². The van der Waals surface area contributed by atoms with Crippen LogP contribution in [-0.4, -0.2) is 27.6 Å². The van der Waals surface area contributed by atoms with E-state index in [2.05, 4.69) is 13.8 Å². The molecule has 2 aromatic rings. The molecule has 0 unspecified atom stereocenters. The summed E-state index contributed by atoms with van der Waals surface area (Å²) < 4.78 is 25.5. The number of rotatable bonds is 6. The number of nitro groups is 1. The summed E-state index contributed by atoms with van der Waals surface area (Å²) in [5.74, 6) is -0.753. The molecular formula is C26H34FN3O5. The average molecular weight is 488 g/mol. The number of hydrogen-bond acceptors (Lipinski definition) is 6. The molecule has 0 atom stereocenters. The number of benzene rings is 2. The summed E-state index contributed by atoms with van der Waals surface area (Å²) in [5, 5.41) is 10.9. The lowest BCUT2D eigenvalue weighted by atomic mass is 9.75. The highest BCUT2D eigenvalue weighted by atomic mass is 19.1. The predicted octanol–water partition coefficient (Wildman–Crippen LogP) is 6.81. The van der Waals surface area contributed by atoms with E-state index in [1.54, 1.807) is 29.2 Å². The standard InChI is InChI=1S/C26H34FN3O5/c1-25(2,3)35-24(31)29(18-10-12-26(4,5)13-11-18)16-17-6-8-19(9-7-17)34-23-15-21(28)22(30(32)33)14-20(23)27/h6-9,14-15,18H,10-13,16,28H2,1-5H3. The third-order valence-electron chi connectivity index (χ3n) is 6.16. The summed E-state index contributed by atoms with van der Waals surface area (Å²) in [6, 6.07) is 8.83. The first-order chi connectivity index (χ1) is 16.2. The highest BCUT2D eigenvalue weighted by molar-refractivity contribution is 5.68. The number of amides is 1. The van der Waals surface area contributed by atoms with Gasteiger partial charge in [-0.15, -0.1) is 0 Å². The van der Waals surface area contributed by atoms with E-state index in [4.69, 9.17) is 15.2 Å². The fourth-order valence-corrected chi connectivity index (χ4v) is 4.14. The van der Waals surface area contributed by atoms with Crippen LogP contribution in [0, 0.1) is 21.3 Å². The molecule has 1 amide bonds. The molecule has 1 aliphatic carbocycles. The number of hydrogen-bond donors (Lipinski definition) is 1. The average Bonchev–Trinajstić information content (AvgIpc) is 2.74. The highest BCUT2D eigenvalue weighted by Gasteiger charge is 2.34. The molecule has 0 aliphatic heterocycles. The van der Waals surface area contributed by atoms with Crippen molar-refractivity contribution in [1.29, 1.82) is 0 Å². The van der Waals surface area contributed by atoms with Crippen LogP contribution in [0.3, 0.4) is 0 Å². The summed E-state index contributed by atoms with van der Waals surface area (Å²) in [6.45, 7) is 10.4. The van der Waals surface area contributed by atoms with Crippen LogP contribution in [0.4, 0.5) is 20.6 Å². The Morgan fingerprint density at radius 1 is 1.20 bits per heavy atom. The fraction of sp³-hybridized carbons (Fsp3) is 0.500. The molecule has 8 nitrogen and oxygen atoms in total. The Kier molecular flexibility index (Phi) is 7.57. The van der Waals surface area contributed by atoms with Gasteiger partial charge in [0.05, 0.1) is 11.0 Å². The van der Waals surface area contributed by atoms with E-state index >= 15 is 0 Å². The predicted molar refractivity (Wildman–Crippen MR) is 132 cm³/mol. The van der Waals surface area contributed by atoms with Crippen LogP contribution in [0.5, 0.6) is 11.5 Å². The Bertz CT molecular complexity index is 1070. The third-order valence-corrected chi connectivity index (χ3v) is 6.16. The minimum absolute atomic E-state index is 0.0889. The van der Waals surface area contributed by atoms with Gasteiger partial charge in [0.25, 0.3) is 5.69 Å². The minimum atomic E-state index is -0.883. The van der Waals surface area contributed by atoms with Crippen LogP contribution in [0.25, 0.3) is 0 Å². The molecule has 190 valence electrons. The van der Waals surface area contributed by atoms with Crippen molar-refractivity contribution < 1.29 is 23.6 Å². The summed E-state index contributed by atoms with van der Waals surface area (Å²) in [6.07, 6.45) is 3.55. The number of carbonyl (C=O) groups excluding carboxylic acids is 1. The Balaban J connectivity index is 1.75. The van der Waals surface area contributed by atoms with E-state index in [1.165, 1.54) is 0 Å². The van der Waals surface area contributed by atoms with Gasteiger partial charge < -0.3 is 20.1 Å². The molecule has 2 aromatic carbocycles. The summed E-state index contributed by atoms with van der Waals surface area (Å²) >= 11 is 0. The van der Waals surface area contributed by atoms with Crippen molar-refractivity contribution in [3.8, 4) is 11.5 Å². The Hall–Kier alpha value is -3.36. The zero-order valence-corrected chi connectivity index (χ0v) is 21.0. The smallest absolute Gasteiger partial charge is 0.410 e. The zero-order valence-electron chi connectivity index (χ0n) is 21.0. The summed E-state index contributed by atoms with van der Waals surface area (Å²) in [7, 11) is 0. The van der Waals surface area contributed by atoms with E-state index in [1.807, 2.05) is 20.8 Å². The Labute approximate surface area is 205 Å². The maximum Gasteiger partial charge on any atom is 0.410 e. The molecule has 1 saturated carbocycles. The van der Waals surface area contributed by atoms with Gasteiger partial charge in [0, 0.05) is 18.7 Å². The van der Waals surface area contributed by atoms with Crippen LogP contribution >= 0.6 is 0 Å². The van der Waals surface area contributed by atoms with E-state index in [0.29, 0.717) is 12.3 Å². The zero-order chi connectivity index (χ0) is 26.0. The molecule has 0 heterocycles. The normalized spacial score (nSPS) is 15.9. The lowest BCUT2D eigenvalue weighted by Crippen LogP contribution is -2.45. The number of ether oxygens (including phenoxy) is 2. The van der Waals surface area contributed by atoms with Crippen molar-refractivity contribution in [3.63, 3.8) is 0 Å². The minimum Gasteiger partial charge on any atom is -0.454 e. The topological polar surface area (TPSA) is 108 Å². The molecule has 2 N–H and O–H groups in total. The molecule has 0 radical (unpaired) electrons. The number of halogens is 1. The van der Waals surface area contributed by atoms with Gasteiger partial charge in [0.2, 0.25) is 0 Å².